The summed E-state index contributed by atoms with van der Waals surface area (Å²) >= 11 is 0. The predicted octanol–water partition coefficient (Wildman–Crippen LogP) is -1.01. The molecule has 54 valence electrons. The van der Waals surface area contributed by atoms with Crippen LogP contribution in [0.4, 0.5) is 0 Å². The Kier molecular flexibility index (Phi) is 3.24. The van der Waals surface area contributed by atoms with E-state index in [1.165, 1.54) is 0 Å². The summed E-state index contributed by atoms with van der Waals surface area (Å²) in [6.45, 7) is 1.88. The number of aliphatic carboxylic acids is 1. The van der Waals surface area contributed by atoms with Crippen molar-refractivity contribution < 1.29 is 14.8 Å². The fourth-order valence-corrected chi connectivity index (χ4v) is 0.830. The van der Waals surface area contributed by atoms with E-state index < -0.39 is 5.97 Å². The number of carboxylic acid groups (broad SMARTS) is 1. The summed E-state index contributed by atoms with van der Waals surface area (Å²) in [6, 6.07) is -0.245. The van der Waals surface area contributed by atoms with Crippen molar-refractivity contribution in [3.05, 3.63) is 0 Å². The highest BCUT2D eigenvalue weighted by atomic mass is 16.4. The maximum atomic E-state index is 10.4. The number of hydrogen-bond donors (Lipinski definition) is 2. The predicted molar refractivity (Wildman–Crippen MR) is 34.5 cm³/mol. The zero-order valence-corrected chi connectivity index (χ0v) is 6.14. The molecule has 0 bridgehead atoms. The lowest BCUT2D eigenvalue weighted by atomic mass is 10.2. The minimum absolute atomic E-state index is 0.245. The second-order valence-electron chi connectivity index (χ2n) is 2.38. The van der Waals surface area contributed by atoms with E-state index in [1.54, 1.807) is 0 Å². The number of likely N-dealkylation sites (N-methyl/N-ethyl adjacent to an activating group) is 1. The van der Waals surface area contributed by atoms with Crippen LogP contribution in [0.1, 0.15) is 13.3 Å². The van der Waals surface area contributed by atoms with Crippen molar-refractivity contribution in [3.63, 3.8) is 0 Å². The van der Waals surface area contributed by atoms with Gasteiger partial charge in [0, 0.05) is 6.42 Å². The van der Waals surface area contributed by atoms with Gasteiger partial charge in [0.05, 0.1) is 14.1 Å². The molecule has 0 rings (SSSR count). The van der Waals surface area contributed by atoms with Gasteiger partial charge in [0.15, 0.2) is 6.04 Å². The van der Waals surface area contributed by atoms with Crippen LogP contribution in [0, 0.1) is 0 Å². The summed E-state index contributed by atoms with van der Waals surface area (Å²) in [5.41, 5.74) is 0. The summed E-state index contributed by atoms with van der Waals surface area (Å²) < 4.78 is 0. The van der Waals surface area contributed by atoms with E-state index in [1.807, 2.05) is 21.0 Å². The first-order valence-corrected chi connectivity index (χ1v) is 3.12. The summed E-state index contributed by atoms with van der Waals surface area (Å²) in [5.74, 6) is -0.711. The van der Waals surface area contributed by atoms with E-state index in [-0.39, 0.29) is 6.04 Å². The summed E-state index contributed by atoms with van der Waals surface area (Å²) in [6.07, 6.45) is 0.692. The second-order valence-corrected chi connectivity index (χ2v) is 2.38. The minimum Gasteiger partial charge on any atom is -0.477 e. The molecule has 0 heterocycles. The van der Waals surface area contributed by atoms with Crippen LogP contribution in [0.5, 0.6) is 0 Å². The molecule has 0 spiro atoms. The molecule has 3 heteroatoms. The van der Waals surface area contributed by atoms with Crippen molar-refractivity contribution in [2.75, 3.05) is 14.1 Å². The van der Waals surface area contributed by atoms with Crippen LogP contribution < -0.4 is 4.90 Å². The molecule has 0 aromatic carbocycles. The van der Waals surface area contributed by atoms with E-state index in [2.05, 4.69) is 0 Å². The molecule has 3 nitrogen and oxygen atoms in total. The summed E-state index contributed by atoms with van der Waals surface area (Å²) in [5, 5.41) is 8.52. The maximum Gasteiger partial charge on any atom is 0.362 e. The molecule has 0 amide bonds. The zero-order valence-electron chi connectivity index (χ0n) is 6.14. The van der Waals surface area contributed by atoms with Gasteiger partial charge in [0.25, 0.3) is 0 Å². The fourth-order valence-electron chi connectivity index (χ4n) is 0.830. The van der Waals surface area contributed by atoms with Crippen LogP contribution in [-0.2, 0) is 4.79 Å². The van der Waals surface area contributed by atoms with Crippen molar-refractivity contribution in [1.29, 1.82) is 0 Å². The number of quaternary nitrogens is 1. The molecule has 0 saturated heterocycles. The van der Waals surface area contributed by atoms with E-state index in [9.17, 15) is 4.79 Å². The van der Waals surface area contributed by atoms with Crippen LogP contribution in [0.25, 0.3) is 0 Å². The van der Waals surface area contributed by atoms with Gasteiger partial charge in [-0.15, -0.1) is 0 Å². The topological polar surface area (TPSA) is 41.7 Å². The van der Waals surface area contributed by atoms with Gasteiger partial charge in [-0.05, 0) is 0 Å². The molecule has 0 radical (unpaired) electrons. The van der Waals surface area contributed by atoms with Crippen LogP contribution in [0.15, 0.2) is 0 Å². The average molecular weight is 132 g/mol. The van der Waals surface area contributed by atoms with E-state index in [4.69, 9.17) is 5.11 Å². The van der Waals surface area contributed by atoms with Gasteiger partial charge in [0.1, 0.15) is 0 Å². The van der Waals surface area contributed by atoms with Gasteiger partial charge in [-0.25, -0.2) is 4.79 Å². The third-order valence-electron chi connectivity index (χ3n) is 1.40. The lowest BCUT2D eigenvalue weighted by Gasteiger charge is -2.14. The van der Waals surface area contributed by atoms with Gasteiger partial charge in [-0.2, -0.15) is 0 Å². The molecule has 0 aromatic heterocycles. The Labute approximate surface area is 55.3 Å². The second kappa shape index (κ2) is 3.45. The number of carboxylic acids is 1. The van der Waals surface area contributed by atoms with Gasteiger partial charge in [-0.1, -0.05) is 6.92 Å². The van der Waals surface area contributed by atoms with Crippen LogP contribution in [0.3, 0.4) is 0 Å². The Hall–Kier alpha value is -0.570. The Bertz CT molecular complexity index is 101. The van der Waals surface area contributed by atoms with Crippen molar-refractivity contribution in [3.8, 4) is 0 Å². The largest absolute Gasteiger partial charge is 0.477 e. The maximum absolute atomic E-state index is 10.4. The normalized spacial score (nSPS) is 13.8. The quantitative estimate of drug-likeness (QED) is 0.517. The third-order valence-corrected chi connectivity index (χ3v) is 1.40. The standard InChI is InChI=1S/C6H13NO2/c1-4-5(6(8)9)7(2)3/h5H,4H2,1-3H3,(H,8,9)/p+1. The molecule has 0 aliphatic rings. The Balaban J connectivity index is 3.83. The Morgan fingerprint density at radius 2 is 2.11 bits per heavy atom. The molecule has 9 heavy (non-hydrogen) atoms. The molecular formula is C6H14NO2+. The first-order valence-electron chi connectivity index (χ1n) is 3.12. The number of nitrogens with one attached hydrogen (secondary N) is 1. The molecule has 0 saturated carbocycles. The van der Waals surface area contributed by atoms with Crippen LogP contribution in [-0.4, -0.2) is 31.2 Å². The molecule has 0 fully saturated rings. The van der Waals surface area contributed by atoms with E-state index in [0.29, 0.717) is 6.42 Å². The smallest absolute Gasteiger partial charge is 0.362 e. The Morgan fingerprint density at radius 1 is 1.67 bits per heavy atom. The third kappa shape index (κ3) is 2.46. The van der Waals surface area contributed by atoms with Crippen molar-refractivity contribution in [2.45, 2.75) is 19.4 Å². The first kappa shape index (κ1) is 8.43. The molecule has 0 aliphatic carbocycles. The van der Waals surface area contributed by atoms with Crippen LogP contribution in [0.2, 0.25) is 0 Å². The highest BCUT2D eigenvalue weighted by Gasteiger charge is 2.20. The molecule has 2 N–H and O–H groups in total. The van der Waals surface area contributed by atoms with Crippen molar-refractivity contribution in [2.24, 2.45) is 0 Å². The fraction of sp³-hybridized carbons (Fsp3) is 0.833. The van der Waals surface area contributed by atoms with E-state index >= 15 is 0 Å². The highest BCUT2D eigenvalue weighted by Crippen LogP contribution is 1.82. The molecule has 0 aliphatic heterocycles. The van der Waals surface area contributed by atoms with Crippen molar-refractivity contribution in [1.82, 2.24) is 0 Å². The van der Waals surface area contributed by atoms with E-state index in [0.717, 1.165) is 4.90 Å². The molecular weight excluding hydrogens is 118 g/mol. The number of hydrogen-bond acceptors (Lipinski definition) is 1. The van der Waals surface area contributed by atoms with Crippen molar-refractivity contribution >= 4 is 5.97 Å². The summed E-state index contributed by atoms with van der Waals surface area (Å²) in [4.78, 5) is 11.3. The minimum atomic E-state index is -0.711. The zero-order chi connectivity index (χ0) is 7.44. The van der Waals surface area contributed by atoms with Gasteiger partial charge in [0.2, 0.25) is 0 Å². The highest BCUT2D eigenvalue weighted by molar-refractivity contribution is 5.71. The Morgan fingerprint density at radius 3 is 2.11 bits per heavy atom. The average Bonchev–Trinajstić information content (AvgIpc) is 1.64. The molecule has 1 unspecified atom stereocenters. The SMILES string of the molecule is CCC(C(=O)O)[NH+](C)C. The number of rotatable bonds is 3. The number of carbonyl (C=O) groups is 1. The van der Waals surface area contributed by atoms with Gasteiger partial charge < -0.3 is 10.0 Å². The summed E-state index contributed by atoms with van der Waals surface area (Å²) in [7, 11) is 3.70. The lowest BCUT2D eigenvalue weighted by Crippen LogP contribution is -3.11. The monoisotopic (exact) mass is 132 g/mol. The lowest BCUT2D eigenvalue weighted by molar-refractivity contribution is -0.876. The first-order chi connectivity index (χ1) is 4.09. The van der Waals surface area contributed by atoms with Gasteiger partial charge >= 0.3 is 5.97 Å². The molecule has 1 atom stereocenters. The van der Waals surface area contributed by atoms with Crippen LogP contribution >= 0.6 is 0 Å². The molecule has 0 aromatic rings. The van der Waals surface area contributed by atoms with Gasteiger partial charge in [-0.3, -0.25) is 0 Å².